The number of aryl methyl sites for hydroxylation is 1. The quantitative estimate of drug-likeness (QED) is 0.502. The molecule has 3 aromatic carbocycles. The highest BCUT2D eigenvalue weighted by Gasteiger charge is 2.35. The van der Waals surface area contributed by atoms with Crippen molar-refractivity contribution in [2.24, 2.45) is 0 Å². The first kappa shape index (κ1) is 11.7. The molecule has 0 spiro atoms. The molecule has 0 radical (unpaired) electrons. The highest BCUT2D eigenvalue weighted by molar-refractivity contribution is 5.93. The molecule has 0 unspecified atom stereocenters. The van der Waals surface area contributed by atoms with E-state index in [0.717, 1.165) is 0 Å². The summed E-state index contributed by atoms with van der Waals surface area (Å²) in [6.45, 7) is 6.84. The Hall–Kier alpha value is -2.08. The molecule has 0 N–H and O–H groups in total. The summed E-state index contributed by atoms with van der Waals surface area (Å²) in [5, 5.41) is 2.67. The zero-order chi connectivity index (χ0) is 13.9. The van der Waals surface area contributed by atoms with Crippen LogP contribution in [0.5, 0.6) is 0 Å². The van der Waals surface area contributed by atoms with Crippen molar-refractivity contribution in [2.45, 2.75) is 26.2 Å². The molecule has 0 heterocycles. The molecule has 0 aliphatic heterocycles. The van der Waals surface area contributed by atoms with Crippen molar-refractivity contribution in [1.82, 2.24) is 0 Å². The molecule has 0 atom stereocenters. The van der Waals surface area contributed by atoms with Crippen LogP contribution in [0.2, 0.25) is 0 Å². The highest BCUT2D eigenvalue weighted by Crippen LogP contribution is 2.49. The maximum absolute atomic E-state index is 2.38. The lowest BCUT2D eigenvalue weighted by molar-refractivity contribution is 0.661. The van der Waals surface area contributed by atoms with Crippen molar-refractivity contribution >= 4 is 10.8 Å². The van der Waals surface area contributed by atoms with Crippen LogP contribution in [0.25, 0.3) is 21.9 Å². The minimum absolute atomic E-state index is 0.0996. The molecule has 0 aromatic heterocycles. The number of hydrogen-bond acceptors (Lipinski definition) is 0. The van der Waals surface area contributed by atoms with Gasteiger partial charge in [0.1, 0.15) is 0 Å². The van der Waals surface area contributed by atoms with Crippen molar-refractivity contribution in [3.8, 4) is 11.1 Å². The summed E-state index contributed by atoms with van der Waals surface area (Å²) in [5.41, 5.74) is 7.16. The van der Waals surface area contributed by atoms with Crippen LogP contribution in [0.1, 0.15) is 30.5 Å². The number of hydrogen-bond donors (Lipinski definition) is 0. The van der Waals surface area contributed by atoms with Gasteiger partial charge >= 0.3 is 0 Å². The Kier molecular flexibility index (Phi) is 2.18. The monoisotopic (exact) mass is 258 g/mol. The van der Waals surface area contributed by atoms with Gasteiger partial charge in [-0.1, -0.05) is 61.9 Å². The zero-order valence-corrected chi connectivity index (χ0v) is 12.2. The predicted octanol–water partition coefficient (Wildman–Crippen LogP) is 5.45. The number of rotatable bonds is 0. The lowest BCUT2D eigenvalue weighted by Gasteiger charge is -2.21. The third kappa shape index (κ3) is 1.42. The van der Waals surface area contributed by atoms with Crippen molar-refractivity contribution < 1.29 is 0 Å². The van der Waals surface area contributed by atoms with Gasteiger partial charge in [-0.3, -0.25) is 0 Å². The number of fused-ring (bicyclic) bond motifs is 4. The van der Waals surface area contributed by atoms with Crippen LogP contribution in [-0.2, 0) is 5.41 Å². The van der Waals surface area contributed by atoms with E-state index < -0.39 is 0 Å². The van der Waals surface area contributed by atoms with Gasteiger partial charge in [0.25, 0.3) is 0 Å². The Morgan fingerprint density at radius 2 is 1.35 bits per heavy atom. The lowest BCUT2D eigenvalue weighted by Crippen LogP contribution is -2.14. The summed E-state index contributed by atoms with van der Waals surface area (Å²) >= 11 is 0. The molecular formula is C20H18. The summed E-state index contributed by atoms with van der Waals surface area (Å²) in [6.07, 6.45) is 0. The summed E-state index contributed by atoms with van der Waals surface area (Å²) in [4.78, 5) is 0. The second kappa shape index (κ2) is 3.73. The van der Waals surface area contributed by atoms with Gasteiger partial charge in [0.05, 0.1) is 0 Å². The molecule has 0 nitrogen and oxygen atoms in total. The van der Waals surface area contributed by atoms with Gasteiger partial charge in [0.2, 0.25) is 0 Å². The smallest absolute Gasteiger partial charge is 0.0159 e. The molecule has 3 aromatic rings. The van der Waals surface area contributed by atoms with Gasteiger partial charge in [0, 0.05) is 5.41 Å². The molecule has 1 aliphatic rings. The van der Waals surface area contributed by atoms with Gasteiger partial charge in [-0.2, -0.15) is 0 Å². The Bertz CT molecular complexity index is 838. The van der Waals surface area contributed by atoms with Crippen LogP contribution < -0.4 is 0 Å². The van der Waals surface area contributed by atoms with E-state index in [1.807, 2.05) is 0 Å². The first-order chi connectivity index (χ1) is 9.57. The maximum Gasteiger partial charge on any atom is 0.0159 e. The van der Waals surface area contributed by atoms with Gasteiger partial charge in [-0.05, 0) is 52.1 Å². The van der Waals surface area contributed by atoms with E-state index >= 15 is 0 Å². The van der Waals surface area contributed by atoms with Crippen LogP contribution in [0.4, 0.5) is 0 Å². The van der Waals surface area contributed by atoms with E-state index in [1.54, 1.807) is 0 Å². The predicted molar refractivity (Wildman–Crippen MR) is 86.2 cm³/mol. The third-order valence-electron chi connectivity index (χ3n) is 4.70. The summed E-state index contributed by atoms with van der Waals surface area (Å²) in [5.74, 6) is 0. The van der Waals surface area contributed by atoms with E-state index in [9.17, 15) is 0 Å². The molecule has 0 fully saturated rings. The number of benzene rings is 3. The van der Waals surface area contributed by atoms with Gasteiger partial charge in [-0.25, -0.2) is 0 Å². The van der Waals surface area contributed by atoms with E-state index in [4.69, 9.17) is 0 Å². The minimum atomic E-state index is 0.0996. The van der Waals surface area contributed by atoms with Crippen molar-refractivity contribution in [3.63, 3.8) is 0 Å². The average molecular weight is 258 g/mol. The Morgan fingerprint density at radius 1 is 0.700 bits per heavy atom. The Labute approximate surface area is 120 Å². The normalized spacial score (nSPS) is 15.2. The fourth-order valence-electron chi connectivity index (χ4n) is 3.55. The molecule has 4 rings (SSSR count). The molecule has 98 valence electrons. The van der Waals surface area contributed by atoms with Crippen molar-refractivity contribution in [2.75, 3.05) is 0 Å². The largest absolute Gasteiger partial charge is 0.0616 e. The van der Waals surface area contributed by atoms with Crippen LogP contribution in [-0.4, -0.2) is 0 Å². The molecule has 0 heteroatoms. The van der Waals surface area contributed by atoms with Gasteiger partial charge < -0.3 is 0 Å². The third-order valence-corrected chi connectivity index (χ3v) is 4.70. The first-order valence-corrected chi connectivity index (χ1v) is 7.22. The lowest BCUT2D eigenvalue weighted by atomic mass is 9.82. The van der Waals surface area contributed by atoms with Gasteiger partial charge in [-0.15, -0.1) is 0 Å². The topological polar surface area (TPSA) is 0 Å². The fraction of sp³-hybridized carbons (Fsp3) is 0.200. The highest BCUT2D eigenvalue weighted by atomic mass is 14.4. The standard InChI is InChI=1S/C20H18/c1-13-8-9-18-16(10-13)17-11-14-6-4-5-7-15(14)12-19(17)20(18,2)3/h4-12H,1-3H3. The van der Waals surface area contributed by atoms with Crippen molar-refractivity contribution in [3.05, 3.63) is 71.3 Å². The zero-order valence-electron chi connectivity index (χ0n) is 12.2. The second-order valence-electron chi connectivity index (χ2n) is 6.42. The van der Waals surface area contributed by atoms with E-state index in [2.05, 4.69) is 75.4 Å². The van der Waals surface area contributed by atoms with Crippen LogP contribution in [0.15, 0.2) is 54.6 Å². The second-order valence-corrected chi connectivity index (χ2v) is 6.42. The summed E-state index contributed by atoms with van der Waals surface area (Å²) in [6, 6.07) is 20.2. The van der Waals surface area contributed by atoms with E-state index in [-0.39, 0.29) is 5.41 Å². The van der Waals surface area contributed by atoms with Crippen LogP contribution >= 0.6 is 0 Å². The van der Waals surface area contributed by atoms with E-state index in [1.165, 1.54) is 38.6 Å². The molecule has 20 heavy (non-hydrogen) atoms. The first-order valence-electron chi connectivity index (χ1n) is 7.22. The minimum Gasteiger partial charge on any atom is -0.0616 e. The SMILES string of the molecule is Cc1ccc2c(c1)-c1cc3ccccc3cc1C2(C)C. The molecule has 0 saturated carbocycles. The molecule has 0 amide bonds. The van der Waals surface area contributed by atoms with E-state index in [0.29, 0.717) is 0 Å². The van der Waals surface area contributed by atoms with Crippen molar-refractivity contribution in [1.29, 1.82) is 0 Å². The Morgan fingerprint density at radius 3 is 2.10 bits per heavy atom. The van der Waals surface area contributed by atoms with Crippen LogP contribution in [0, 0.1) is 6.92 Å². The maximum atomic E-state index is 2.38. The van der Waals surface area contributed by atoms with Crippen LogP contribution in [0.3, 0.4) is 0 Å². The van der Waals surface area contributed by atoms with Gasteiger partial charge in [0.15, 0.2) is 0 Å². The molecular weight excluding hydrogens is 240 g/mol. The Balaban J connectivity index is 2.13. The summed E-state index contributed by atoms with van der Waals surface area (Å²) < 4.78 is 0. The molecule has 0 saturated heterocycles. The molecule has 1 aliphatic carbocycles. The summed E-state index contributed by atoms with van der Waals surface area (Å²) in [7, 11) is 0. The average Bonchev–Trinajstić information content (AvgIpc) is 2.65. The fourth-order valence-corrected chi connectivity index (χ4v) is 3.55. The molecule has 0 bridgehead atoms.